The van der Waals surface area contributed by atoms with Gasteiger partial charge in [-0.05, 0) is 42.3 Å². The maximum absolute atomic E-state index is 13.9. The van der Waals surface area contributed by atoms with Gasteiger partial charge in [-0.1, -0.05) is 44.5 Å². The SMILES string of the molecule is C[SiH](C)OC(C(C)(C)C)C1(n2cc(C(=O)c3cncc(NC(=O)Cc4ccc(Cl)cc4)c3)c3cncnc32)COC1. The number of anilines is 1. The highest BCUT2D eigenvalue weighted by molar-refractivity contribution is 6.48. The topological polar surface area (TPSA) is 108 Å². The van der Waals surface area contributed by atoms with Gasteiger partial charge in [0, 0.05) is 34.6 Å². The normalized spacial score (nSPS) is 15.5. The molecule has 0 radical (unpaired) electrons. The number of fused-ring (bicyclic) bond motifs is 1. The second-order valence-electron chi connectivity index (χ2n) is 11.8. The molecule has 11 heteroatoms. The zero-order valence-corrected chi connectivity index (χ0v) is 25.8. The number of carbonyl (C=O) groups is 2. The van der Waals surface area contributed by atoms with E-state index in [0.29, 0.717) is 46.1 Å². The van der Waals surface area contributed by atoms with E-state index in [1.165, 1.54) is 18.7 Å². The average Bonchev–Trinajstić information content (AvgIpc) is 3.28. The molecular formula is C30H34ClN5O4Si. The van der Waals surface area contributed by atoms with Gasteiger partial charge in [0.25, 0.3) is 0 Å². The lowest BCUT2D eigenvalue weighted by molar-refractivity contribution is -0.175. The molecule has 0 spiro atoms. The van der Waals surface area contributed by atoms with E-state index in [1.54, 1.807) is 36.5 Å². The van der Waals surface area contributed by atoms with Crippen LogP contribution in [0.2, 0.25) is 18.1 Å². The molecule has 214 valence electrons. The van der Waals surface area contributed by atoms with Crippen LogP contribution in [0.4, 0.5) is 5.69 Å². The lowest BCUT2D eigenvalue weighted by Crippen LogP contribution is -2.64. The summed E-state index contributed by atoms with van der Waals surface area (Å²) in [7, 11) is -1.42. The van der Waals surface area contributed by atoms with E-state index >= 15 is 0 Å². The number of ketones is 1. The molecule has 3 aromatic heterocycles. The quantitative estimate of drug-likeness (QED) is 0.215. The molecule has 4 heterocycles. The predicted molar refractivity (Wildman–Crippen MR) is 161 cm³/mol. The van der Waals surface area contributed by atoms with Gasteiger partial charge in [-0.15, -0.1) is 0 Å². The molecule has 9 nitrogen and oxygen atoms in total. The highest BCUT2D eigenvalue weighted by Gasteiger charge is 2.53. The maximum Gasteiger partial charge on any atom is 0.228 e. The fraction of sp³-hybridized carbons (Fsp3) is 0.367. The van der Waals surface area contributed by atoms with E-state index in [1.807, 2.05) is 6.20 Å². The van der Waals surface area contributed by atoms with Crippen LogP contribution in [0.5, 0.6) is 0 Å². The number of rotatable bonds is 9. The van der Waals surface area contributed by atoms with Crippen molar-refractivity contribution in [1.29, 1.82) is 0 Å². The zero-order valence-electron chi connectivity index (χ0n) is 23.8. The van der Waals surface area contributed by atoms with Gasteiger partial charge in [0.05, 0.1) is 43.2 Å². The maximum atomic E-state index is 13.9. The first-order chi connectivity index (χ1) is 19.5. The van der Waals surface area contributed by atoms with E-state index < -0.39 is 14.6 Å². The average molecular weight is 592 g/mol. The Hall–Kier alpha value is -3.44. The lowest BCUT2D eigenvalue weighted by atomic mass is 9.75. The van der Waals surface area contributed by atoms with Gasteiger partial charge < -0.3 is 19.0 Å². The summed E-state index contributed by atoms with van der Waals surface area (Å²) in [6.07, 6.45) is 8.03. The summed E-state index contributed by atoms with van der Waals surface area (Å²) in [6, 6.07) is 8.72. The van der Waals surface area contributed by atoms with Crippen LogP contribution in [0.25, 0.3) is 11.0 Å². The van der Waals surface area contributed by atoms with Gasteiger partial charge in [-0.2, -0.15) is 0 Å². The molecule has 1 aliphatic rings. The van der Waals surface area contributed by atoms with Crippen LogP contribution in [-0.4, -0.2) is 59.6 Å². The number of amides is 1. The Morgan fingerprint density at radius 1 is 1.15 bits per heavy atom. The van der Waals surface area contributed by atoms with Crippen molar-refractivity contribution in [3.05, 3.63) is 83.2 Å². The third-order valence-electron chi connectivity index (χ3n) is 7.14. The fourth-order valence-corrected chi connectivity index (χ4v) is 6.73. The summed E-state index contributed by atoms with van der Waals surface area (Å²) < 4.78 is 14.5. The number of hydrogen-bond acceptors (Lipinski definition) is 7. The Kier molecular flexibility index (Phi) is 8.11. The largest absolute Gasteiger partial charge is 0.415 e. The van der Waals surface area contributed by atoms with Gasteiger partial charge >= 0.3 is 0 Å². The lowest BCUT2D eigenvalue weighted by Gasteiger charge is -2.53. The Bertz CT molecular complexity index is 1580. The Balaban J connectivity index is 1.47. The van der Waals surface area contributed by atoms with Crippen molar-refractivity contribution < 1.29 is 18.8 Å². The Morgan fingerprint density at radius 3 is 2.51 bits per heavy atom. The standard InChI is InChI=1S/C30H34ClN5O4Si/c1-29(2,3)28(40-41(4)5)30(16-39-17-30)36-15-24(23-14-33-18-34-27(23)36)26(38)20-11-22(13-32-12-20)35-25(37)10-19-6-8-21(31)9-7-19/h6-9,11-15,18,28,41H,10,16-17H2,1-5H3,(H,35,37). The molecule has 5 rings (SSSR count). The summed E-state index contributed by atoms with van der Waals surface area (Å²) >= 11 is 5.94. The second kappa shape index (κ2) is 11.4. The number of ether oxygens (including phenoxy) is 1. The molecule has 1 atom stereocenters. The highest BCUT2D eigenvalue weighted by atomic mass is 35.5. The van der Waals surface area contributed by atoms with Crippen molar-refractivity contribution >= 4 is 49.1 Å². The van der Waals surface area contributed by atoms with Gasteiger partial charge in [0.2, 0.25) is 5.91 Å². The first kappa shape index (κ1) is 29.1. The van der Waals surface area contributed by atoms with Crippen LogP contribution in [0.1, 0.15) is 42.3 Å². The second-order valence-corrected chi connectivity index (χ2v) is 14.6. The molecule has 1 amide bonds. The molecule has 1 saturated heterocycles. The van der Waals surface area contributed by atoms with E-state index in [2.05, 4.69) is 58.7 Å². The van der Waals surface area contributed by atoms with Crippen LogP contribution in [-0.2, 0) is 25.9 Å². The summed E-state index contributed by atoms with van der Waals surface area (Å²) in [5.74, 6) is -0.468. The van der Waals surface area contributed by atoms with Gasteiger partial charge in [-0.3, -0.25) is 14.6 Å². The number of aromatic nitrogens is 4. The summed E-state index contributed by atoms with van der Waals surface area (Å²) in [5.41, 5.74) is 2.00. The van der Waals surface area contributed by atoms with Crippen LogP contribution in [0.3, 0.4) is 0 Å². The minimum absolute atomic E-state index is 0.148. The van der Waals surface area contributed by atoms with Crippen molar-refractivity contribution in [2.75, 3.05) is 18.5 Å². The Labute approximate surface area is 246 Å². The van der Waals surface area contributed by atoms with Crippen LogP contribution in [0.15, 0.2) is 61.4 Å². The van der Waals surface area contributed by atoms with Crippen LogP contribution >= 0.6 is 11.6 Å². The first-order valence-electron chi connectivity index (χ1n) is 13.6. The van der Waals surface area contributed by atoms with E-state index in [9.17, 15) is 9.59 Å². The molecule has 0 aliphatic carbocycles. The third kappa shape index (κ3) is 5.96. The fourth-order valence-electron chi connectivity index (χ4n) is 5.40. The molecule has 4 aromatic rings. The van der Waals surface area contributed by atoms with Crippen molar-refractivity contribution in [2.45, 2.75) is 51.9 Å². The Morgan fingerprint density at radius 2 is 1.88 bits per heavy atom. The van der Waals surface area contributed by atoms with Gasteiger partial charge in [-0.25, -0.2) is 9.97 Å². The summed E-state index contributed by atoms with van der Waals surface area (Å²) in [6.45, 7) is 11.7. The van der Waals surface area contributed by atoms with Crippen molar-refractivity contribution in [3.8, 4) is 0 Å². The highest BCUT2D eigenvalue weighted by Crippen LogP contribution is 2.43. The van der Waals surface area contributed by atoms with E-state index in [0.717, 1.165) is 5.56 Å². The minimum atomic E-state index is -1.42. The number of pyridine rings is 1. The molecule has 1 N–H and O–H groups in total. The number of nitrogens with zero attached hydrogens (tertiary/aromatic N) is 4. The number of carbonyl (C=O) groups excluding carboxylic acids is 2. The van der Waals surface area contributed by atoms with Crippen LogP contribution in [0, 0.1) is 5.41 Å². The molecule has 1 unspecified atom stereocenters. The number of halogens is 1. The molecule has 0 saturated carbocycles. The first-order valence-corrected chi connectivity index (χ1v) is 16.7. The van der Waals surface area contributed by atoms with Crippen molar-refractivity contribution in [1.82, 2.24) is 19.5 Å². The molecule has 0 bridgehead atoms. The summed E-state index contributed by atoms with van der Waals surface area (Å²) in [5, 5.41) is 4.08. The molecular weight excluding hydrogens is 558 g/mol. The monoisotopic (exact) mass is 591 g/mol. The smallest absolute Gasteiger partial charge is 0.228 e. The third-order valence-corrected chi connectivity index (χ3v) is 8.21. The minimum Gasteiger partial charge on any atom is -0.415 e. The molecule has 41 heavy (non-hydrogen) atoms. The van der Waals surface area contributed by atoms with E-state index in [4.69, 9.17) is 20.8 Å². The number of hydrogen-bond donors (Lipinski definition) is 1. The van der Waals surface area contributed by atoms with E-state index in [-0.39, 0.29) is 29.6 Å². The van der Waals surface area contributed by atoms with Crippen LogP contribution < -0.4 is 5.32 Å². The number of nitrogens with one attached hydrogen (secondary N) is 1. The van der Waals surface area contributed by atoms with Gasteiger partial charge in [0.1, 0.15) is 17.5 Å². The van der Waals surface area contributed by atoms with Gasteiger partial charge in [0.15, 0.2) is 14.8 Å². The molecule has 1 aromatic carbocycles. The summed E-state index contributed by atoms with van der Waals surface area (Å²) in [4.78, 5) is 39.6. The molecule has 1 aliphatic heterocycles. The predicted octanol–water partition coefficient (Wildman–Crippen LogP) is 5.03. The number of benzene rings is 1. The van der Waals surface area contributed by atoms with Crippen molar-refractivity contribution in [2.24, 2.45) is 5.41 Å². The zero-order chi connectivity index (χ0) is 29.4. The molecule has 1 fully saturated rings. The van der Waals surface area contributed by atoms with Crippen molar-refractivity contribution in [3.63, 3.8) is 0 Å².